The minimum absolute atomic E-state index is 1.23. The van der Waals surface area contributed by atoms with Crippen LogP contribution >= 0.6 is 0 Å². The van der Waals surface area contributed by atoms with E-state index in [1.54, 1.807) is 0 Å². The number of hydrogen-bond acceptors (Lipinski definition) is 0. The zero-order valence-corrected chi connectivity index (χ0v) is 25.1. The lowest BCUT2D eigenvalue weighted by molar-refractivity contribution is 1.50. The molecule has 0 aliphatic heterocycles. The van der Waals surface area contributed by atoms with Gasteiger partial charge in [0.2, 0.25) is 0 Å². The maximum absolute atomic E-state index is 2.43. The molecule has 0 atom stereocenters. The highest BCUT2D eigenvalue weighted by molar-refractivity contribution is 6.25. The molecular weight excluding hydrogens is 540 g/mol. The van der Waals surface area contributed by atoms with Crippen LogP contribution in [0.1, 0.15) is 5.56 Å². The number of hydrogen-bond donors (Lipinski definition) is 0. The third kappa shape index (κ3) is 4.14. The Balaban J connectivity index is 1.43. The molecule has 0 aliphatic carbocycles. The summed E-state index contributed by atoms with van der Waals surface area (Å²) in [6.07, 6.45) is 0. The minimum atomic E-state index is 1.23. The lowest BCUT2D eigenvalue weighted by Gasteiger charge is -2.20. The van der Waals surface area contributed by atoms with E-state index in [2.05, 4.69) is 171 Å². The van der Waals surface area contributed by atoms with Gasteiger partial charge in [-0.05, 0) is 106 Å². The Labute approximate surface area is 262 Å². The van der Waals surface area contributed by atoms with Crippen molar-refractivity contribution < 1.29 is 0 Å². The fraction of sp³-hybridized carbons (Fsp3) is 0.0222. The maximum atomic E-state index is 2.43. The van der Waals surface area contributed by atoms with Crippen molar-refractivity contribution in [2.45, 2.75) is 6.92 Å². The summed E-state index contributed by atoms with van der Waals surface area (Å²) >= 11 is 0. The van der Waals surface area contributed by atoms with E-state index in [1.165, 1.54) is 92.8 Å². The van der Waals surface area contributed by atoms with Gasteiger partial charge in [0.25, 0.3) is 0 Å². The molecule has 9 rings (SSSR count). The second kappa shape index (κ2) is 10.2. The van der Waals surface area contributed by atoms with Crippen LogP contribution in [0.15, 0.2) is 164 Å². The fourth-order valence-electron chi connectivity index (χ4n) is 7.37. The Bertz CT molecular complexity index is 2590. The third-order valence-corrected chi connectivity index (χ3v) is 9.47. The third-order valence-electron chi connectivity index (χ3n) is 9.47. The van der Waals surface area contributed by atoms with E-state index in [9.17, 15) is 0 Å². The Hall–Kier alpha value is -5.72. The number of aryl methyl sites for hydroxylation is 1. The average molecular weight is 571 g/mol. The molecule has 0 aliphatic rings. The van der Waals surface area contributed by atoms with Crippen LogP contribution in [-0.2, 0) is 0 Å². The van der Waals surface area contributed by atoms with E-state index < -0.39 is 0 Å². The maximum Gasteiger partial charge on any atom is -0.00199 e. The van der Waals surface area contributed by atoms with E-state index in [1.807, 2.05) is 0 Å². The molecule has 0 N–H and O–H groups in total. The highest BCUT2D eigenvalue weighted by Crippen LogP contribution is 2.47. The predicted molar refractivity (Wildman–Crippen MR) is 195 cm³/mol. The molecule has 0 aromatic heterocycles. The van der Waals surface area contributed by atoms with Crippen LogP contribution in [0.3, 0.4) is 0 Å². The summed E-state index contributed by atoms with van der Waals surface area (Å²) < 4.78 is 0. The van der Waals surface area contributed by atoms with Crippen molar-refractivity contribution >= 4 is 53.9 Å². The molecule has 0 saturated heterocycles. The second-order valence-corrected chi connectivity index (χ2v) is 12.2. The smallest absolute Gasteiger partial charge is 0.00199 e. The first-order chi connectivity index (χ1) is 22.2. The Kier molecular flexibility index (Phi) is 5.83. The van der Waals surface area contributed by atoms with Gasteiger partial charge in [-0.1, -0.05) is 157 Å². The molecule has 45 heavy (non-hydrogen) atoms. The van der Waals surface area contributed by atoms with E-state index in [0.29, 0.717) is 0 Å². The first-order valence-corrected chi connectivity index (χ1v) is 15.7. The zero-order valence-electron chi connectivity index (χ0n) is 25.1. The van der Waals surface area contributed by atoms with Crippen molar-refractivity contribution in [1.29, 1.82) is 0 Å². The summed E-state index contributed by atoms with van der Waals surface area (Å²) in [6, 6.07) is 60.6. The SMILES string of the molecule is Cc1ccc2cc(-c3ccc4c(-c5cccc6ccccc56)c5ccccc5c(-c5cccc6ccccc56)c4c3)ccc2c1. The van der Waals surface area contributed by atoms with Crippen molar-refractivity contribution in [3.05, 3.63) is 169 Å². The number of rotatable bonds is 3. The van der Waals surface area contributed by atoms with Gasteiger partial charge in [-0.2, -0.15) is 0 Å². The average Bonchev–Trinajstić information content (AvgIpc) is 3.10. The van der Waals surface area contributed by atoms with E-state index in [0.717, 1.165) is 0 Å². The van der Waals surface area contributed by atoms with Crippen LogP contribution in [-0.4, -0.2) is 0 Å². The van der Waals surface area contributed by atoms with Gasteiger partial charge in [-0.25, -0.2) is 0 Å². The number of benzene rings is 9. The standard InChI is InChI=1S/C45H30/c1-29-20-21-33-27-34(23-22-32(33)26-29)35-24-25-42-43(28-35)45(39-19-9-13-31-11-3-5-15-37(31)39)41-17-7-6-16-40(41)44(42)38-18-8-12-30-10-2-4-14-36(30)38/h2-28H,1H3. The van der Waals surface area contributed by atoms with E-state index in [-0.39, 0.29) is 0 Å². The highest BCUT2D eigenvalue weighted by atomic mass is 14.2. The molecule has 210 valence electrons. The lowest BCUT2D eigenvalue weighted by atomic mass is 9.83. The van der Waals surface area contributed by atoms with Crippen LogP contribution in [0.4, 0.5) is 0 Å². The van der Waals surface area contributed by atoms with Crippen LogP contribution in [0.5, 0.6) is 0 Å². The van der Waals surface area contributed by atoms with Crippen molar-refractivity contribution in [2.75, 3.05) is 0 Å². The first kappa shape index (κ1) is 25.7. The van der Waals surface area contributed by atoms with Crippen molar-refractivity contribution in [1.82, 2.24) is 0 Å². The van der Waals surface area contributed by atoms with Crippen LogP contribution < -0.4 is 0 Å². The van der Waals surface area contributed by atoms with Gasteiger partial charge in [0.1, 0.15) is 0 Å². The molecule has 0 fully saturated rings. The van der Waals surface area contributed by atoms with Crippen LogP contribution in [0, 0.1) is 6.92 Å². The van der Waals surface area contributed by atoms with Crippen molar-refractivity contribution in [2.24, 2.45) is 0 Å². The van der Waals surface area contributed by atoms with Gasteiger partial charge in [0.15, 0.2) is 0 Å². The van der Waals surface area contributed by atoms with Gasteiger partial charge in [-0.15, -0.1) is 0 Å². The molecule has 0 bridgehead atoms. The fourth-order valence-corrected chi connectivity index (χ4v) is 7.37. The van der Waals surface area contributed by atoms with Crippen molar-refractivity contribution in [3.63, 3.8) is 0 Å². The minimum Gasteiger partial charge on any atom is -0.0616 e. The first-order valence-electron chi connectivity index (χ1n) is 15.7. The Morgan fingerprint density at radius 1 is 0.289 bits per heavy atom. The second-order valence-electron chi connectivity index (χ2n) is 12.2. The monoisotopic (exact) mass is 570 g/mol. The summed E-state index contributed by atoms with van der Waals surface area (Å²) in [5, 5.41) is 12.7. The van der Waals surface area contributed by atoms with Gasteiger partial charge in [0.05, 0.1) is 0 Å². The molecule has 0 unspecified atom stereocenters. The Morgan fingerprint density at radius 3 is 1.42 bits per heavy atom. The predicted octanol–water partition coefficient (Wildman–Crippen LogP) is 12.8. The molecule has 0 amide bonds. The molecular formula is C45H30. The highest BCUT2D eigenvalue weighted by Gasteiger charge is 2.19. The summed E-state index contributed by atoms with van der Waals surface area (Å²) in [6.45, 7) is 2.16. The van der Waals surface area contributed by atoms with Gasteiger partial charge in [0, 0.05) is 0 Å². The molecule has 0 spiro atoms. The summed E-state index contributed by atoms with van der Waals surface area (Å²) in [4.78, 5) is 0. The summed E-state index contributed by atoms with van der Waals surface area (Å²) in [5.41, 5.74) is 8.87. The summed E-state index contributed by atoms with van der Waals surface area (Å²) in [7, 11) is 0. The molecule has 0 saturated carbocycles. The largest absolute Gasteiger partial charge is 0.0616 e. The quantitative estimate of drug-likeness (QED) is 0.185. The summed E-state index contributed by atoms with van der Waals surface area (Å²) in [5.74, 6) is 0. The Morgan fingerprint density at radius 2 is 0.756 bits per heavy atom. The van der Waals surface area contributed by atoms with E-state index in [4.69, 9.17) is 0 Å². The molecule has 0 heteroatoms. The molecule has 9 aromatic rings. The van der Waals surface area contributed by atoms with Crippen molar-refractivity contribution in [3.8, 4) is 33.4 Å². The zero-order chi connectivity index (χ0) is 29.9. The van der Waals surface area contributed by atoms with Crippen LogP contribution in [0.25, 0.3) is 87.2 Å². The van der Waals surface area contributed by atoms with Gasteiger partial charge in [-0.3, -0.25) is 0 Å². The molecule has 0 nitrogen and oxygen atoms in total. The lowest BCUT2D eigenvalue weighted by Crippen LogP contribution is -1.93. The van der Waals surface area contributed by atoms with Gasteiger partial charge < -0.3 is 0 Å². The van der Waals surface area contributed by atoms with E-state index >= 15 is 0 Å². The molecule has 9 aromatic carbocycles. The van der Waals surface area contributed by atoms with Gasteiger partial charge >= 0.3 is 0 Å². The molecule has 0 heterocycles. The van der Waals surface area contributed by atoms with Crippen LogP contribution in [0.2, 0.25) is 0 Å². The molecule has 0 radical (unpaired) electrons. The number of fused-ring (bicyclic) bond motifs is 5. The topological polar surface area (TPSA) is 0 Å². The normalized spacial score (nSPS) is 11.7.